The van der Waals surface area contributed by atoms with Crippen LogP contribution < -0.4 is 10.2 Å². The summed E-state index contributed by atoms with van der Waals surface area (Å²) < 4.78 is 38.1. The molecule has 2 aromatic rings. The number of nitrogens with zero attached hydrogens (tertiary/aromatic N) is 1. The summed E-state index contributed by atoms with van der Waals surface area (Å²) in [6.07, 6.45) is 2.28. The molecule has 1 N–H and O–H groups in total. The molecular formula is C19H21FN2O3S. The van der Waals surface area contributed by atoms with E-state index in [1.54, 1.807) is 6.07 Å². The molecule has 1 aliphatic heterocycles. The third kappa shape index (κ3) is 3.88. The van der Waals surface area contributed by atoms with E-state index in [0.29, 0.717) is 5.69 Å². The van der Waals surface area contributed by atoms with Gasteiger partial charge in [0, 0.05) is 24.5 Å². The maximum Gasteiger partial charge on any atom is 0.242 e. The van der Waals surface area contributed by atoms with Crippen LogP contribution in [0.4, 0.5) is 15.8 Å². The summed E-state index contributed by atoms with van der Waals surface area (Å²) in [4.78, 5) is 14.6. The topological polar surface area (TPSA) is 66.5 Å². The van der Waals surface area contributed by atoms with E-state index in [1.165, 1.54) is 19.1 Å². The Morgan fingerprint density at radius 2 is 1.77 bits per heavy atom. The summed E-state index contributed by atoms with van der Waals surface area (Å²) in [6, 6.07) is 11.9. The van der Waals surface area contributed by atoms with Gasteiger partial charge in [-0.1, -0.05) is 6.07 Å². The van der Waals surface area contributed by atoms with Crippen LogP contribution in [-0.2, 0) is 14.6 Å². The number of halogens is 1. The first kappa shape index (κ1) is 18.4. The standard InChI is InChI=1S/C19H21FN2O3S/c1-14(26(24,25)18-9-7-15(20)8-10-18)19(23)21-16-5-4-6-17(13-16)22-11-2-3-12-22/h4-10,13-14H,2-3,11-12H2,1H3,(H,21,23). The van der Waals surface area contributed by atoms with Gasteiger partial charge in [-0.2, -0.15) is 0 Å². The van der Waals surface area contributed by atoms with Crippen molar-refractivity contribution in [1.82, 2.24) is 0 Å². The Hall–Kier alpha value is -2.41. The Morgan fingerprint density at radius 3 is 2.42 bits per heavy atom. The Morgan fingerprint density at radius 1 is 1.12 bits per heavy atom. The molecule has 0 aromatic heterocycles. The van der Waals surface area contributed by atoms with Crippen LogP contribution in [0.2, 0.25) is 0 Å². The molecule has 0 bridgehead atoms. The molecule has 1 aliphatic rings. The van der Waals surface area contributed by atoms with Crippen LogP contribution in [0, 0.1) is 5.82 Å². The number of hydrogen-bond donors (Lipinski definition) is 1. The first-order chi connectivity index (χ1) is 12.4. The molecule has 2 aromatic carbocycles. The first-order valence-electron chi connectivity index (χ1n) is 8.53. The van der Waals surface area contributed by atoms with Gasteiger partial charge in [0.1, 0.15) is 11.1 Å². The van der Waals surface area contributed by atoms with Crippen LogP contribution in [-0.4, -0.2) is 32.7 Å². The molecular weight excluding hydrogens is 355 g/mol. The Labute approximate surface area is 152 Å². The molecule has 0 radical (unpaired) electrons. The Kier molecular flexibility index (Phi) is 5.27. The van der Waals surface area contributed by atoms with Crippen molar-refractivity contribution in [2.24, 2.45) is 0 Å². The van der Waals surface area contributed by atoms with Gasteiger partial charge >= 0.3 is 0 Å². The smallest absolute Gasteiger partial charge is 0.242 e. The van der Waals surface area contributed by atoms with Crippen LogP contribution in [0.3, 0.4) is 0 Å². The van der Waals surface area contributed by atoms with Crippen LogP contribution in [0.1, 0.15) is 19.8 Å². The number of anilines is 2. The van der Waals surface area contributed by atoms with E-state index in [4.69, 9.17) is 0 Å². The highest BCUT2D eigenvalue weighted by atomic mass is 32.2. The number of hydrogen-bond acceptors (Lipinski definition) is 4. The van der Waals surface area contributed by atoms with Gasteiger partial charge in [-0.25, -0.2) is 12.8 Å². The van der Waals surface area contributed by atoms with Crippen molar-refractivity contribution in [3.05, 3.63) is 54.3 Å². The van der Waals surface area contributed by atoms with Gasteiger partial charge in [-0.15, -0.1) is 0 Å². The lowest BCUT2D eigenvalue weighted by Gasteiger charge is -2.19. The number of rotatable bonds is 5. The summed E-state index contributed by atoms with van der Waals surface area (Å²) in [5.74, 6) is -1.15. The van der Waals surface area contributed by atoms with E-state index in [0.717, 1.165) is 43.8 Å². The number of benzene rings is 2. The van der Waals surface area contributed by atoms with E-state index >= 15 is 0 Å². The van der Waals surface area contributed by atoms with Gasteiger partial charge in [0.25, 0.3) is 0 Å². The highest BCUT2D eigenvalue weighted by Gasteiger charge is 2.30. The average Bonchev–Trinajstić information content (AvgIpc) is 3.16. The van der Waals surface area contributed by atoms with Gasteiger partial charge < -0.3 is 10.2 Å². The van der Waals surface area contributed by atoms with Crippen molar-refractivity contribution < 1.29 is 17.6 Å². The fourth-order valence-electron chi connectivity index (χ4n) is 2.97. The average molecular weight is 376 g/mol. The van der Waals surface area contributed by atoms with Crippen LogP contribution >= 0.6 is 0 Å². The third-order valence-corrected chi connectivity index (χ3v) is 6.64. The second-order valence-electron chi connectivity index (χ2n) is 6.37. The Bertz CT molecular complexity index is 891. The molecule has 3 rings (SSSR count). The summed E-state index contributed by atoms with van der Waals surface area (Å²) in [6.45, 7) is 3.29. The van der Waals surface area contributed by atoms with Crippen LogP contribution in [0.15, 0.2) is 53.4 Å². The highest BCUT2D eigenvalue weighted by molar-refractivity contribution is 7.92. The predicted octanol–water partition coefficient (Wildman–Crippen LogP) is 3.23. The third-order valence-electron chi connectivity index (χ3n) is 4.56. The number of carbonyl (C=O) groups is 1. The van der Waals surface area contributed by atoms with E-state index in [9.17, 15) is 17.6 Å². The van der Waals surface area contributed by atoms with Gasteiger partial charge in [0.05, 0.1) is 4.90 Å². The highest BCUT2D eigenvalue weighted by Crippen LogP contribution is 2.24. The van der Waals surface area contributed by atoms with Gasteiger partial charge in [0.15, 0.2) is 9.84 Å². The molecule has 0 spiro atoms. The van der Waals surface area contributed by atoms with E-state index < -0.39 is 26.8 Å². The summed E-state index contributed by atoms with van der Waals surface area (Å²) >= 11 is 0. The fraction of sp³-hybridized carbons (Fsp3) is 0.316. The minimum Gasteiger partial charge on any atom is -0.371 e. The van der Waals surface area contributed by atoms with Gasteiger partial charge in [0.2, 0.25) is 5.91 Å². The quantitative estimate of drug-likeness (QED) is 0.814. The summed E-state index contributed by atoms with van der Waals surface area (Å²) in [7, 11) is -3.89. The SMILES string of the molecule is CC(C(=O)Nc1cccc(N2CCCC2)c1)S(=O)(=O)c1ccc(F)cc1. The van der Waals surface area contributed by atoms with E-state index in [2.05, 4.69) is 10.2 Å². The van der Waals surface area contributed by atoms with Crippen LogP contribution in [0.5, 0.6) is 0 Å². The summed E-state index contributed by atoms with van der Waals surface area (Å²) in [5, 5.41) is 1.39. The number of carbonyl (C=O) groups excluding carboxylic acids is 1. The first-order valence-corrected chi connectivity index (χ1v) is 10.1. The molecule has 0 saturated carbocycles. The van der Waals surface area contributed by atoms with E-state index in [1.807, 2.05) is 18.2 Å². The van der Waals surface area contributed by atoms with Crippen molar-refractivity contribution in [3.63, 3.8) is 0 Å². The van der Waals surface area contributed by atoms with Gasteiger partial charge in [-0.3, -0.25) is 4.79 Å². The second-order valence-corrected chi connectivity index (χ2v) is 8.64. The number of sulfone groups is 1. The van der Waals surface area contributed by atoms with Gasteiger partial charge in [-0.05, 0) is 62.2 Å². The summed E-state index contributed by atoms with van der Waals surface area (Å²) in [5.41, 5.74) is 1.56. The maximum atomic E-state index is 13.0. The monoisotopic (exact) mass is 376 g/mol. The van der Waals surface area contributed by atoms with Crippen molar-refractivity contribution in [2.45, 2.75) is 29.9 Å². The largest absolute Gasteiger partial charge is 0.371 e. The lowest BCUT2D eigenvalue weighted by atomic mass is 10.2. The number of nitrogens with one attached hydrogen (secondary N) is 1. The zero-order valence-corrected chi connectivity index (χ0v) is 15.3. The molecule has 26 heavy (non-hydrogen) atoms. The van der Waals surface area contributed by atoms with Crippen LogP contribution in [0.25, 0.3) is 0 Å². The molecule has 1 fully saturated rings. The van der Waals surface area contributed by atoms with Crippen molar-refractivity contribution >= 4 is 27.1 Å². The Balaban J connectivity index is 1.74. The number of amides is 1. The predicted molar refractivity (Wildman–Crippen MR) is 99.6 cm³/mol. The molecule has 1 atom stereocenters. The fourth-order valence-corrected chi connectivity index (χ4v) is 4.23. The van der Waals surface area contributed by atoms with Crippen molar-refractivity contribution in [1.29, 1.82) is 0 Å². The lowest BCUT2D eigenvalue weighted by Crippen LogP contribution is -2.32. The maximum absolute atomic E-state index is 13.0. The molecule has 1 saturated heterocycles. The lowest BCUT2D eigenvalue weighted by molar-refractivity contribution is -0.115. The molecule has 7 heteroatoms. The molecule has 138 valence electrons. The van der Waals surface area contributed by atoms with Crippen molar-refractivity contribution in [3.8, 4) is 0 Å². The molecule has 1 amide bonds. The van der Waals surface area contributed by atoms with Crippen molar-refractivity contribution in [2.75, 3.05) is 23.3 Å². The minimum absolute atomic E-state index is 0.0765. The molecule has 1 heterocycles. The van der Waals surface area contributed by atoms with E-state index in [-0.39, 0.29) is 4.90 Å². The zero-order chi connectivity index (χ0) is 18.7. The molecule has 0 aliphatic carbocycles. The second kappa shape index (κ2) is 7.45. The normalized spacial score (nSPS) is 15.7. The molecule has 1 unspecified atom stereocenters. The zero-order valence-electron chi connectivity index (χ0n) is 14.5. The minimum atomic E-state index is -3.89. The molecule has 5 nitrogen and oxygen atoms in total.